The predicted molar refractivity (Wildman–Crippen MR) is 89.6 cm³/mol. The molecule has 0 saturated heterocycles. The molecular formula is C18H21N3O4. The van der Waals surface area contributed by atoms with Crippen molar-refractivity contribution in [2.45, 2.75) is 50.5 Å². The van der Waals surface area contributed by atoms with Gasteiger partial charge in [-0.3, -0.25) is 4.79 Å². The van der Waals surface area contributed by atoms with Crippen LogP contribution in [-0.2, 0) is 16.0 Å². The number of amides is 1. The molecule has 1 heterocycles. The quantitative estimate of drug-likeness (QED) is 0.835. The number of carboxylic acid groups (broad SMARTS) is 1. The van der Waals surface area contributed by atoms with Crippen molar-refractivity contribution in [3.05, 3.63) is 36.2 Å². The lowest BCUT2D eigenvalue weighted by atomic mass is 9.81. The number of carboxylic acids is 1. The van der Waals surface area contributed by atoms with Gasteiger partial charge in [0.05, 0.1) is 0 Å². The smallest absolute Gasteiger partial charge is 0.329 e. The fourth-order valence-corrected chi connectivity index (χ4v) is 3.15. The summed E-state index contributed by atoms with van der Waals surface area (Å²) < 4.78 is 5.56. The molecule has 1 fully saturated rings. The third-order valence-electron chi connectivity index (χ3n) is 4.55. The summed E-state index contributed by atoms with van der Waals surface area (Å²) in [6.45, 7) is 0. The summed E-state index contributed by atoms with van der Waals surface area (Å²) in [4.78, 5) is 23.8. The zero-order valence-electron chi connectivity index (χ0n) is 13.9. The number of aromatic nitrogens is 2. The molecule has 1 aliphatic rings. The lowest BCUT2D eigenvalue weighted by molar-refractivity contribution is -0.149. The van der Waals surface area contributed by atoms with Gasteiger partial charge in [0.25, 0.3) is 0 Å². The fraction of sp³-hybridized carbons (Fsp3) is 0.444. The van der Waals surface area contributed by atoms with Crippen LogP contribution in [0.3, 0.4) is 0 Å². The molecule has 1 aliphatic carbocycles. The molecule has 1 saturated carbocycles. The van der Waals surface area contributed by atoms with Gasteiger partial charge in [0.2, 0.25) is 17.7 Å². The molecule has 2 aromatic rings. The molecule has 132 valence electrons. The fourth-order valence-electron chi connectivity index (χ4n) is 3.15. The van der Waals surface area contributed by atoms with Gasteiger partial charge in [-0.05, 0) is 25.0 Å². The maximum absolute atomic E-state index is 12.2. The van der Waals surface area contributed by atoms with Gasteiger partial charge in [-0.2, -0.15) is 0 Å². The predicted octanol–water partition coefficient (Wildman–Crippen LogP) is 2.57. The molecule has 2 N–H and O–H groups in total. The van der Waals surface area contributed by atoms with E-state index in [9.17, 15) is 14.7 Å². The van der Waals surface area contributed by atoms with Crippen molar-refractivity contribution in [1.82, 2.24) is 15.5 Å². The first-order valence-electron chi connectivity index (χ1n) is 8.51. The highest BCUT2D eigenvalue weighted by molar-refractivity contribution is 5.87. The summed E-state index contributed by atoms with van der Waals surface area (Å²) in [7, 11) is 0. The Morgan fingerprint density at radius 3 is 2.52 bits per heavy atom. The minimum absolute atomic E-state index is 0.117. The number of hydrogen-bond donors (Lipinski definition) is 2. The molecule has 0 radical (unpaired) electrons. The molecule has 25 heavy (non-hydrogen) atoms. The van der Waals surface area contributed by atoms with Gasteiger partial charge < -0.3 is 14.8 Å². The molecule has 1 amide bonds. The van der Waals surface area contributed by atoms with E-state index in [0.29, 0.717) is 24.6 Å². The molecule has 1 aromatic heterocycles. The SMILES string of the molecule is O=C(CCc1nnc(-c2ccccc2)o1)NC1(C(=O)O)CCCCC1. The number of nitrogens with zero attached hydrogens (tertiary/aromatic N) is 2. The third kappa shape index (κ3) is 4.04. The van der Waals surface area contributed by atoms with Crippen molar-refractivity contribution in [2.24, 2.45) is 0 Å². The Hall–Kier alpha value is -2.70. The monoisotopic (exact) mass is 343 g/mol. The van der Waals surface area contributed by atoms with Gasteiger partial charge in [-0.15, -0.1) is 10.2 Å². The number of hydrogen-bond acceptors (Lipinski definition) is 5. The summed E-state index contributed by atoms with van der Waals surface area (Å²) >= 11 is 0. The lowest BCUT2D eigenvalue weighted by Gasteiger charge is -2.33. The van der Waals surface area contributed by atoms with Gasteiger partial charge in [0.15, 0.2) is 0 Å². The van der Waals surface area contributed by atoms with Gasteiger partial charge >= 0.3 is 5.97 Å². The van der Waals surface area contributed by atoms with Crippen LogP contribution >= 0.6 is 0 Å². The second kappa shape index (κ2) is 7.46. The van der Waals surface area contributed by atoms with Crippen LogP contribution in [0.5, 0.6) is 0 Å². The zero-order chi connectivity index (χ0) is 17.7. The van der Waals surface area contributed by atoms with E-state index in [-0.39, 0.29) is 18.7 Å². The lowest BCUT2D eigenvalue weighted by Crippen LogP contribution is -2.55. The minimum Gasteiger partial charge on any atom is -0.480 e. The number of aliphatic carboxylic acids is 1. The molecule has 3 rings (SSSR count). The van der Waals surface area contributed by atoms with Crippen LogP contribution in [0.1, 0.15) is 44.4 Å². The standard InChI is InChI=1S/C18H21N3O4/c22-14(19-18(17(23)24)11-5-2-6-12-18)9-10-15-20-21-16(25-15)13-7-3-1-4-8-13/h1,3-4,7-8H,2,5-6,9-12H2,(H,19,22)(H,23,24). The second-order valence-corrected chi connectivity index (χ2v) is 6.36. The van der Waals surface area contributed by atoms with Crippen molar-refractivity contribution < 1.29 is 19.1 Å². The Labute approximate surface area is 145 Å². The highest BCUT2D eigenvalue weighted by Gasteiger charge is 2.40. The summed E-state index contributed by atoms with van der Waals surface area (Å²) in [5.74, 6) is -0.485. The van der Waals surface area contributed by atoms with E-state index in [0.717, 1.165) is 24.8 Å². The van der Waals surface area contributed by atoms with Crippen LogP contribution in [0.25, 0.3) is 11.5 Å². The highest BCUT2D eigenvalue weighted by Crippen LogP contribution is 2.28. The topological polar surface area (TPSA) is 105 Å². The average molecular weight is 343 g/mol. The highest BCUT2D eigenvalue weighted by atomic mass is 16.4. The summed E-state index contributed by atoms with van der Waals surface area (Å²) in [6.07, 6.45) is 3.99. The number of rotatable bonds is 6. The molecule has 0 atom stereocenters. The van der Waals surface area contributed by atoms with Crippen molar-refractivity contribution in [1.29, 1.82) is 0 Å². The zero-order valence-corrected chi connectivity index (χ0v) is 13.9. The van der Waals surface area contributed by atoms with E-state index in [1.165, 1.54) is 0 Å². The number of carbonyl (C=O) groups is 2. The molecule has 0 aliphatic heterocycles. The van der Waals surface area contributed by atoms with E-state index in [1.807, 2.05) is 30.3 Å². The van der Waals surface area contributed by atoms with Crippen LogP contribution in [0.2, 0.25) is 0 Å². The Balaban J connectivity index is 1.57. The first kappa shape index (κ1) is 17.1. The Kier molecular flexibility index (Phi) is 5.11. The molecule has 7 nitrogen and oxygen atoms in total. The largest absolute Gasteiger partial charge is 0.480 e. The number of carbonyl (C=O) groups excluding carboxylic acids is 1. The van der Waals surface area contributed by atoms with E-state index in [1.54, 1.807) is 0 Å². The minimum atomic E-state index is -1.13. The third-order valence-corrected chi connectivity index (χ3v) is 4.55. The average Bonchev–Trinajstić information content (AvgIpc) is 3.10. The molecule has 7 heteroatoms. The second-order valence-electron chi connectivity index (χ2n) is 6.36. The van der Waals surface area contributed by atoms with Crippen molar-refractivity contribution in [3.63, 3.8) is 0 Å². The molecule has 0 bridgehead atoms. The van der Waals surface area contributed by atoms with Gasteiger partial charge in [-0.1, -0.05) is 37.5 Å². The number of nitrogens with one attached hydrogen (secondary N) is 1. The summed E-state index contributed by atoms with van der Waals surface area (Å²) in [6, 6.07) is 9.38. The van der Waals surface area contributed by atoms with Crippen molar-refractivity contribution in [3.8, 4) is 11.5 Å². The van der Waals surface area contributed by atoms with Crippen LogP contribution in [-0.4, -0.2) is 32.7 Å². The van der Waals surface area contributed by atoms with Crippen molar-refractivity contribution >= 4 is 11.9 Å². The van der Waals surface area contributed by atoms with Crippen LogP contribution in [0, 0.1) is 0 Å². The van der Waals surface area contributed by atoms with Crippen LogP contribution < -0.4 is 5.32 Å². The molecule has 1 aromatic carbocycles. The van der Waals surface area contributed by atoms with Crippen LogP contribution in [0.15, 0.2) is 34.7 Å². The maximum Gasteiger partial charge on any atom is 0.329 e. The number of benzene rings is 1. The van der Waals surface area contributed by atoms with Crippen molar-refractivity contribution in [2.75, 3.05) is 0 Å². The van der Waals surface area contributed by atoms with Crippen LogP contribution in [0.4, 0.5) is 0 Å². The normalized spacial score (nSPS) is 16.3. The first-order chi connectivity index (χ1) is 12.1. The van der Waals surface area contributed by atoms with Gasteiger partial charge in [-0.25, -0.2) is 4.79 Å². The summed E-state index contributed by atoms with van der Waals surface area (Å²) in [5.41, 5.74) is -0.308. The Morgan fingerprint density at radius 1 is 1.12 bits per heavy atom. The molecular weight excluding hydrogens is 322 g/mol. The van der Waals surface area contributed by atoms with Gasteiger partial charge in [0.1, 0.15) is 5.54 Å². The van der Waals surface area contributed by atoms with E-state index in [4.69, 9.17) is 4.42 Å². The molecule has 0 unspecified atom stereocenters. The Bertz CT molecular complexity index is 736. The molecule has 0 spiro atoms. The van der Waals surface area contributed by atoms with E-state index >= 15 is 0 Å². The van der Waals surface area contributed by atoms with Gasteiger partial charge in [0, 0.05) is 18.4 Å². The first-order valence-corrected chi connectivity index (χ1v) is 8.51. The Morgan fingerprint density at radius 2 is 1.84 bits per heavy atom. The summed E-state index contributed by atoms with van der Waals surface area (Å²) in [5, 5.41) is 20.1. The van der Waals surface area contributed by atoms with E-state index in [2.05, 4.69) is 15.5 Å². The number of aryl methyl sites for hydroxylation is 1. The van der Waals surface area contributed by atoms with E-state index < -0.39 is 11.5 Å². The maximum atomic E-state index is 12.2.